The molecule has 2 saturated heterocycles. The van der Waals surface area contributed by atoms with Gasteiger partial charge in [0, 0.05) is 32.2 Å². The number of imide groups is 1. The van der Waals surface area contributed by atoms with Gasteiger partial charge in [-0.3, -0.25) is 19.8 Å². The van der Waals surface area contributed by atoms with Gasteiger partial charge in [-0.1, -0.05) is 18.2 Å². The Hall–Kier alpha value is -2.48. The lowest BCUT2D eigenvalue weighted by Crippen LogP contribution is -2.49. The highest BCUT2D eigenvalue weighted by molar-refractivity contribution is 6.07. The first-order valence-electron chi connectivity index (χ1n) is 7.73. The van der Waals surface area contributed by atoms with Crippen LogP contribution in [0, 0.1) is 5.82 Å². The largest absolute Gasteiger partial charge is 0.340 e. The van der Waals surface area contributed by atoms with Gasteiger partial charge in [0.2, 0.25) is 5.91 Å². The van der Waals surface area contributed by atoms with Gasteiger partial charge in [-0.2, -0.15) is 0 Å². The van der Waals surface area contributed by atoms with E-state index < -0.39 is 11.6 Å². The number of likely N-dealkylation sites (N-methyl/N-ethyl adjacent to an activating group) is 1. The molecule has 3 rings (SSSR count). The average Bonchev–Trinajstić information content (AvgIpc) is 3.05. The number of likely N-dealkylation sites (tertiary alicyclic amines) is 1. The summed E-state index contributed by atoms with van der Waals surface area (Å²) < 4.78 is 13.7. The standard InChI is InChI=1S/C16H19FN4O3/c1-20(8-11-4-2-3-5-12(11)17)13(22)9-21-7-6-16(10-21)14(23)18-15(24)19-16/h2-5H,6-10H2,1H3,(H2,18,19,23,24). The summed E-state index contributed by atoms with van der Waals surface area (Å²) in [7, 11) is 1.62. The highest BCUT2D eigenvalue weighted by Gasteiger charge is 2.50. The first-order chi connectivity index (χ1) is 11.4. The van der Waals surface area contributed by atoms with Crippen molar-refractivity contribution in [1.29, 1.82) is 0 Å². The molecule has 0 bridgehead atoms. The Balaban J connectivity index is 1.57. The van der Waals surface area contributed by atoms with E-state index in [4.69, 9.17) is 0 Å². The smallest absolute Gasteiger partial charge is 0.322 e. The minimum atomic E-state index is -0.929. The number of benzene rings is 1. The average molecular weight is 334 g/mol. The Morgan fingerprint density at radius 3 is 2.79 bits per heavy atom. The van der Waals surface area contributed by atoms with Gasteiger partial charge < -0.3 is 10.2 Å². The molecule has 8 heteroatoms. The van der Waals surface area contributed by atoms with Gasteiger partial charge in [-0.25, -0.2) is 9.18 Å². The monoisotopic (exact) mass is 334 g/mol. The van der Waals surface area contributed by atoms with Crippen molar-refractivity contribution in [2.45, 2.75) is 18.5 Å². The van der Waals surface area contributed by atoms with Crippen molar-refractivity contribution in [3.05, 3.63) is 35.6 Å². The van der Waals surface area contributed by atoms with E-state index in [1.165, 1.54) is 11.0 Å². The first-order valence-corrected chi connectivity index (χ1v) is 7.73. The highest BCUT2D eigenvalue weighted by atomic mass is 19.1. The number of carbonyl (C=O) groups excluding carboxylic acids is 3. The molecule has 0 aliphatic carbocycles. The molecular formula is C16H19FN4O3. The molecule has 1 aromatic carbocycles. The number of halogens is 1. The molecule has 0 saturated carbocycles. The molecule has 7 nitrogen and oxygen atoms in total. The SMILES string of the molecule is CN(Cc1ccccc1F)C(=O)CN1CCC2(C1)NC(=O)NC2=O. The summed E-state index contributed by atoms with van der Waals surface area (Å²) in [6.45, 7) is 1.13. The molecule has 1 unspecified atom stereocenters. The number of carbonyl (C=O) groups is 3. The number of nitrogens with zero attached hydrogens (tertiary/aromatic N) is 2. The van der Waals surface area contributed by atoms with Crippen LogP contribution in [0.5, 0.6) is 0 Å². The summed E-state index contributed by atoms with van der Waals surface area (Å²) >= 11 is 0. The topological polar surface area (TPSA) is 81.8 Å². The number of hydrogen-bond acceptors (Lipinski definition) is 4. The van der Waals surface area contributed by atoms with Gasteiger partial charge in [-0.15, -0.1) is 0 Å². The summed E-state index contributed by atoms with van der Waals surface area (Å²) in [5.41, 5.74) is -0.477. The molecule has 2 N–H and O–H groups in total. The van der Waals surface area contributed by atoms with Gasteiger partial charge in [0.15, 0.2) is 0 Å². The fourth-order valence-corrected chi connectivity index (χ4v) is 3.12. The van der Waals surface area contributed by atoms with Gasteiger partial charge in [-0.05, 0) is 12.5 Å². The van der Waals surface area contributed by atoms with Crippen molar-refractivity contribution < 1.29 is 18.8 Å². The normalized spacial score (nSPS) is 23.4. The predicted octanol–water partition coefficient (Wildman–Crippen LogP) is 0.0680. The first kappa shape index (κ1) is 16.4. The third-order valence-corrected chi connectivity index (χ3v) is 4.51. The second-order valence-corrected chi connectivity index (χ2v) is 6.29. The molecule has 128 valence electrons. The quantitative estimate of drug-likeness (QED) is 0.764. The highest BCUT2D eigenvalue weighted by Crippen LogP contribution is 2.24. The molecule has 1 spiro atoms. The van der Waals surface area contributed by atoms with Crippen LogP contribution < -0.4 is 10.6 Å². The Kier molecular flexibility index (Phi) is 4.23. The van der Waals surface area contributed by atoms with Crippen LogP contribution in [0.1, 0.15) is 12.0 Å². The van der Waals surface area contributed by atoms with Crippen molar-refractivity contribution in [3.8, 4) is 0 Å². The summed E-state index contributed by atoms with van der Waals surface area (Å²) in [5, 5.41) is 4.88. The zero-order valence-corrected chi connectivity index (χ0v) is 13.3. The molecule has 2 fully saturated rings. The van der Waals surface area contributed by atoms with E-state index in [9.17, 15) is 18.8 Å². The van der Waals surface area contributed by atoms with E-state index in [1.807, 2.05) is 4.90 Å². The molecule has 0 aromatic heterocycles. The minimum Gasteiger partial charge on any atom is -0.340 e. The van der Waals surface area contributed by atoms with Crippen LogP contribution in [0.15, 0.2) is 24.3 Å². The maximum absolute atomic E-state index is 13.7. The Morgan fingerprint density at radius 2 is 2.12 bits per heavy atom. The number of hydrogen-bond donors (Lipinski definition) is 2. The molecule has 4 amide bonds. The molecular weight excluding hydrogens is 315 g/mol. The number of nitrogens with one attached hydrogen (secondary N) is 2. The Morgan fingerprint density at radius 1 is 1.38 bits per heavy atom. The van der Waals surface area contributed by atoms with Crippen molar-refractivity contribution in [2.24, 2.45) is 0 Å². The van der Waals surface area contributed by atoms with Crippen LogP contribution >= 0.6 is 0 Å². The predicted molar refractivity (Wildman–Crippen MR) is 83.3 cm³/mol. The number of amides is 4. The van der Waals surface area contributed by atoms with E-state index in [0.717, 1.165) is 0 Å². The third-order valence-electron chi connectivity index (χ3n) is 4.51. The van der Waals surface area contributed by atoms with E-state index >= 15 is 0 Å². The second kappa shape index (κ2) is 6.20. The Labute approximate surface area is 138 Å². The molecule has 2 aliphatic rings. The van der Waals surface area contributed by atoms with Crippen LogP contribution in [0.25, 0.3) is 0 Å². The second-order valence-electron chi connectivity index (χ2n) is 6.29. The zero-order valence-electron chi connectivity index (χ0n) is 13.3. The summed E-state index contributed by atoms with van der Waals surface area (Å²) in [4.78, 5) is 38.8. The molecule has 2 heterocycles. The molecule has 1 atom stereocenters. The summed E-state index contributed by atoms with van der Waals surface area (Å²) in [6.07, 6.45) is 0.467. The lowest BCUT2D eigenvalue weighted by Gasteiger charge is -2.23. The molecule has 24 heavy (non-hydrogen) atoms. The molecule has 0 radical (unpaired) electrons. The Bertz CT molecular complexity index is 696. The van der Waals surface area contributed by atoms with Crippen molar-refractivity contribution in [1.82, 2.24) is 20.4 Å². The fourth-order valence-electron chi connectivity index (χ4n) is 3.12. The lowest BCUT2D eigenvalue weighted by molar-refractivity contribution is -0.132. The van der Waals surface area contributed by atoms with Crippen LogP contribution in [-0.2, 0) is 16.1 Å². The maximum Gasteiger partial charge on any atom is 0.322 e. The van der Waals surface area contributed by atoms with Crippen LogP contribution in [0.4, 0.5) is 9.18 Å². The fraction of sp³-hybridized carbons (Fsp3) is 0.438. The van der Waals surface area contributed by atoms with Gasteiger partial charge in [0.1, 0.15) is 11.4 Å². The van der Waals surface area contributed by atoms with Crippen LogP contribution in [0.3, 0.4) is 0 Å². The van der Waals surface area contributed by atoms with E-state index in [1.54, 1.807) is 25.2 Å². The van der Waals surface area contributed by atoms with E-state index in [2.05, 4.69) is 10.6 Å². The summed E-state index contributed by atoms with van der Waals surface area (Å²) in [5.74, 6) is -0.857. The summed E-state index contributed by atoms with van der Waals surface area (Å²) in [6, 6.07) is 5.83. The molecule has 2 aliphatic heterocycles. The number of rotatable bonds is 4. The van der Waals surface area contributed by atoms with Crippen molar-refractivity contribution >= 4 is 17.8 Å². The van der Waals surface area contributed by atoms with Crippen molar-refractivity contribution in [3.63, 3.8) is 0 Å². The zero-order chi connectivity index (χ0) is 17.3. The van der Waals surface area contributed by atoms with E-state index in [-0.39, 0.29) is 30.7 Å². The van der Waals surface area contributed by atoms with E-state index in [0.29, 0.717) is 25.1 Å². The minimum absolute atomic E-state index is 0.121. The van der Waals surface area contributed by atoms with Crippen molar-refractivity contribution in [2.75, 3.05) is 26.7 Å². The molecule has 1 aromatic rings. The maximum atomic E-state index is 13.7. The van der Waals surface area contributed by atoms with Gasteiger partial charge in [0.05, 0.1) is 6.54 Å². The van der Waals surface area contributed by atoms with Gasteiger partial charge in [0.25, 0.3) is 5.91 Å². The third kappa shape index (κ3) is 3.09. The lowest BCUT2D eigenvalue weighted by atomic mass is 10.00. The number of urea groups is 1. The van der Waals surface area contributed by atoms with Gasteiger partial charge >= 0.3 is 6.03 Å². The van der Waals surface area contributed by atoms with Crippen LogP contribution in [-0.4, -0.2) is 59.9 Å². The van der Waals surface area contributed by atoms with Crippen LogP contribution in [0.2, 0.25) is 0 Å².